The molecule has 0 saturated carbocycles. The van der Waals surface area contributed by atoms with E-state index in [4.69, 9.17) is 9.47 Å². The van der Waals surface area contributed by atoms with Gasteiger partial charge in [-0.2, -0.15) is 0 Å². The number of aromatic amines is 1. The van der Waals surface area contributed by atoms with Gasteiger partial charge in [-0.15, -0.1) is 0 Å². The number of fused-ring (bicyclic) bond motifs is 3. The van der Waals surface area contributed by atoms with Gasteiger partial charge in [-0.1, -0.05) is 36.0 Å². The second-order valence-electron chi connectivity index (χ2n) is 7.32. The van der Waals surface area contributed by atoms with Crippen LogP contribution >= 0.6 is 11.8 Å². The molecular weight excluding hydrogens is 478 g/mol. The van der Waals surface area contributed by atoms with Crippen LogP contribution in [-0.2, 0) is 10.0 Å². The summed E-state index contributed by atoms with van der Waals surface area (Å²) >= 11 is 1.17. The largest absolute Gasteiger partial charge is 0.506 e. The first-order valence-electron chi connectivity index (χ1n) is 9.99. The molecule has 0 saturated heterocycles. The maximum absolute atomic E-state index is 13.2. The summed E-state index contributed by atoms with van der Waals surface area (Å²) in [6, 6.07) is 13.0. The Kier molecular flexibility index (Phi) is 4.71. The van der Waals surface area contributed by atoms with Crippen molar-refractivity contribution in [3.63, 3.8) is 0 Å². The van der Waals surface area contributed by atoms with Gasteiger partial charge in [0.15, 0.2) is 17.1 Å². The molecule has 3 aromatic carbocycles. The lowest BCUT2D eigenvalue weighted by atomic mass is 10.1. The van der Waals surface area contributed by atoms with Crippen LogP contribution in [0.25, 0.3) is 21.9 Å². The minimum absolute atomic E-state index is 0.0119. The Bertz CT molecular complexity index is 1690. The van der Waals surface area contributed by atoms with Crippen molar-refractivity contribution in [3.05, 3.63) is 61.2 Å². The van der Waals surface area contributed by atoms with Crippen molar-refractivity contribution in [1.29, 1.82) is 0 Å². The molecule has 0 bridgehead atoms. The Morgan fingerprint density at radius 1 is 1.00 bits per heavy atom. The highest BCUT2D eigenvalue weighted by Crippen LogP contribution is 2.43. The zero-order valence-corrected chi connectivity index (χ0v) is 18.9. The smallest absolute Gasteiger partial charge is 0.262 e. The molecule has 0 spiro atoms. The Balaban J connectivity index is 1.44. The fourth-order valence-corrected chi connectivity index (χ4v) is 5.70. The number of rotatable bonds is 5. The molecule has 3 heterocycles. The van der Waals surface area contributed by atoms with E-state index in [2.05, 4.69) is 24.7 Å². The van der Waals surface area contributed by atoms with E-state index in [1.54, 1.807) is 36.4 Å². The van der Waals surface area contributed by atoms with Crippen LogP contribution < -0.4 is 14.2 Å². The zero-order valence-electron chi connectivity index (χ0n) is 17.2. The molecule has 10 nitrogen and oxygen atoms in total. The summed E-state index contributed by atoms with van der Waals surface area (Å²) in [5, 5.41) is 12.6. The molecule has 170 valence electrons. The maximum Gasteiger partial charge on any atom is 0.262 e. The number of nitrogens with zero attached hydrogens (tertiary/aromatic N) is 3. The molecule has 0 aliphatic carbocycles. The fraction of sp³-hybridized carbons (Fsp3) is 0.0455. The Labute approximate surface area is 197 Å². The van der Waals surface area contributed by atoms with E-state index >= 15 is 0 Å². The predicted molar refractivity (Wildman–Crippen MR) is 125 cm³/mol. The van der Waals surface area contributed by atoms with Crippen LogP contribution in [0.15, 0.2) is 76.0 Å². The van der Waals surface area contributed by atoms with Crippen molar-refractivity contribution < 1.29 is 23.0 Å². The van der Waals surface area contributed by atoms with Gasteiger partial charge in [0.25, 0.3) is 10.0 Å². The summed E-state index contributed by atoms with van der Waals surface area (Å²) in [7, 11) is -3.97. The average Bonchev–Trinajstić information content (AvgIpc) is 3.51. The standard InChI is InChI=1S/C22H15N5O5S2/c28-20-14-4-2-1-3-13(14)15(8-18(20)33-22-19-21(24-9-23-19)25-10-26-22)27-34(29,30)12-5-6-16-17(7-12)32-11-31-16/h1-10,27-28H,11H2,(H,23,24,25,26). The number of aromatic nitrogens is 4. The highest BCUT2D eigenvalue weighted by Gasteiger charge is 2.23. The van der Waals surface area contributed by atoms with E-state index in [1.807, 2.05) is 0 Å². The van der Waals surface area contributed by atoms with Crippen LogP contribution in [0, 0.1) is 0 Å². The summed E-state index contributed by atoms with van der Waals surface area (Å²) in [6.45, 7) is 0.0437. The molecule has 0 radical (unpaired) electrons. The van der Waals surface area contributed by atoms with Gasteiger partial charge >= 0.3 is 0 Å². The highest BCUT2D eigenvalue weighted by molar-refractivity contribution is 7.99. The van der Waals surface area contributed by atoms with E-state index in [-0.39, 0.29) is 17.4 Å². The van der Waals surface area contributed by atoms with E-state index in [1.165, 1.54) is 36.5 Å². The van der Waals surface area contributed by atoms with Crippen molar-refractivity contribution in [2.45, 2.75) is 14.8 Å². The van der Waals surface area contributed by atoms with E-state index in [0.29, 0.717) is 49.0 Å². The molecule has 0 fully saturated rings. The summed E-state index contributed by atoms with van der Waals surface area (Å²) in [6.07, 6.45) is 2.89. The number of sulfonamides is 1. The molecule has 0 amide bonds. The third-order valence-corrected chi connectivity index (χ3v) is 7.67. The van der Waals surface area contributed by atoms with Gasteiger partial charge < -0.3 is 19.6 Å². The van der Waals surface area contributed by atoms with Crippen LogP contribution in [0.2, 0.25) is 0 Å². The number of hydrogen-bond acceptors (Lipinski definition) is 9. The second kappa shape index (κ2) is 7.78. The number of nitrogens with one attached hydrogen (secondary N) is 2. The van der Waals surface area contributed by atoms with Gasteiger partial charge in [0.05, 0.1) is 21.8 Å². The van der Waals surface area contributed by atoms with Crippen LogP contribution in [0.5, 0.6) is 17.2 Å². The minimum atomic E-state index is -3.97. The van der Waals surface area contributed by atoms with Gasteiger partial charge in [-0.05, 0) is 18.2 Å². The Morgan fingerprint density at radius 3 is 2.71 bits per heavy atom. The molecule has 6 rings (SSSR count). The quantitative estimate of drug-likeness (QED) is 0.246. The first-order valence-corrected chi connectivity index (χ1v) is 12.3. The number of imidazole rings is 1. The number of benzene rings is 3. The SMILES string of the molecule is O=S(=O)(Nc1cc(Sc2ncnc3nc[nH]c23)c(O)c2ccccc12)c1ccc2c(c1)OCO2. The number of H-pyrrole nitrogens is 1. The van der Waals surface area contributed by atoms with Crippen molar-refractivity contribution in [2.24, 2.45) is 0 Å². The van der Waals surface area contributed by atoms with Crippen LogP contribution in [0.3, 0.4) is 0 Å². The number of ether oxygens (including phenoxy) is 2. The molecule has 1 aliphatic heterocycles. The normalized spacial score (nSPS) is 12.9. The number of phenolic OH excluding ortho intramolecular Hbond substituents is 1. The van der Waals surface area contributed by atoms with Crippen molar-refractivity contribution in [3.8, 4) is 17.2 Å². The van der Waals surface area contributed by atoms with E-state index in [9.17, 15) is 13.5 Å². The predicted octanol–water partition coefficient (Wildman–Crippen LogP) is 3.89. The van der Waals surface area contributed by atoms with Crippen molar-refractivity contribution >= 4 is 49.4 Å². The molecule has 12 heteroatoms. The third kappa shape index (κ3) is 3.43. The second-order valence-corrected chi connectivity index (χ2v) is 10.0. The van der Waals surface area contributed by atoms with Gasteiger partial charge in [-0.3, -0.25) is 4.72 Å². The summed E-state index contributed by atoms with van der Waals surface area (Å²) in [5.41, 5.74) is 1.41. The summed E-state index contributed by atoms with van der Waals surface area (Å²) in [5.74, 6) is 0.864. The van der Waals surface area contributed by atoms with E-state index in [0.717, 1.165) is 0 Å². The third-order valence-electron chi connectivity index (χ3n) is 5.27. The molecule has 5 aromatic rings. The number of hydrogen-bond donors (Lipinski definition) is 3. The monoisotopic (exact) mass is 493 g/mol. The molecule has 2 aromatic heterocycles. The van der Waals surface area contributed by atoms with E-state index < -0.39 is 10.0 Å². The van der Waals surface area contributed by atoms with Crippen LogP contribution in [0.4, 0.5) is 5.69 Å². The van der Waals surface area contributed by atoms with Crippen molar-refractivity contribution in [2.75, 3.05) is 11.5 Å². The molecule has 1 aliphatic rings. The van der Waals surface area contributed by atoms with Crippen LogP contribution in [0.1, 0.15) is 0 Å². The number of phenols is 1. The molecule has 34 heavy (non-hydrogen) atoms. The van der Waals surface area contributed by atoms with Crippen LogP contribution in [-0.4, -0.2) is 40.3 Å². The molecule has 0 atom stereocenters. The van der Waals surface area contributed by atoms with Crippen molar-refractivity contribution in [1.82, 2.24) is 19.9 Å². The van der Waals surface area contributed by atoms with Gasteiger partial charge in [0, 0.05) is 16.8 Å². The summed E-state index contributed by atoms with van der Waals surface area (Å²) < 4.78 is 39.7. The molecule has 0 unspecified atom stereocenters. The zero-order chi connectivity index (χ0) is 23.3. The van der Waals surface area contributed by atoms with Gasteiger partial charge in [-0.25, -0.2) is 23.4 Å². The van der Waals surface area contributed by atoms with Gasteiger partial charge in [0.2, 0.25) is 6.79 Å². The lowest BCUT2D eigenvalue weighted by Gasteiger charge is -2.15. The van der Waals surface area contributed by atoms with Gasteiger partial charge in [0.1, 0.15) is 22.6 Å². The lowest BCUT2D eigenvalue weighted by Crippen LogP contribution is -2.13. The Morgan fingerprint density at radius 2 is 1.82 bits per heavy atom. The lowest BCUT2D eigenvalue weighted by molar-refractivity contribution is 0.174. The highest BCUT2D eigenvalue weighted by atomic mass is 32.2. The molecular formula is C22H15N5O5S2. The fourth-order valence-electron chi connectivity index (χ4n) is 3.67. The topological polar surface area (TPSA) is 139 Å². The first-order chi connectivity index (χ1) is 16.5. The minimum Gasteiger partial charge on any atom is -0.506 e. The average molecular weight is 494 g/mol. The maximum atomic E-state index is 13.2. The number of anilines is 1. The molecule has 3 N–H and O–H groups in total. The summed E-state index contributed by atoms with van der Waals surface area (Å²) in [4.78, 5) is 15.9. The Hall–Kier alpha value is -4.03. The number of aromatic hydroxyl groups is 1. The first kappa shape index (κ1) is 20.6.